The summed E-state index contributed by atoms with van der Waals surface area (Å²) in [4.78, 5) is 15.7. The van der Waals surface area contributed by atoms with Crippen molar-refractivity contribution in [2.45, 2.75) is 30.6 Å². The molecule has 10 nitrogen and oxygen atoms in total. The lowest BCUT2D eigenvalue weighted by Crippen LogP contribution is -2.41. The van der Waals surface area contributed by atoms with Crippen LogP contribution < -0.4 is 15.8 Å². The van der Waals surface area contributed by atoms with E-state index in [1.165, 1.54) is 4.31 Å². The van der Waals surface area contributed by atoms with Gasteiger partial charge in [-0.3, -0.25) is 4.79 Å². The highest BCUT2D eigenvalue weighted by Gasteiger charge is 2.30. The zero-order valence-corrected chi connectivity index (χ0v) is 25.7. The van der Waals surface area contributed by atoms with E-state index in [9.17, 15) is 21.6 Å². The number of benzene rings is 3. The quantitative estimate of drug-likeness (QED) is 0.178. The largest absolute Gasteiger partial charge is 0.366 e. The zero-order chi connectivity index (χ0) is 30.6. The molecule has 228 valence electrons. The standard InChI is InChI=1S/C31H37N5O5S2/c1-22-7-9-26(10-8-22)43(40,41)35-14-13-33-15-18-42(38,39)36-16-11-24(12-17-36)29-21-34-30-27(29)19-25(20-28(30)31(32)37)23-5-3-2-4-6-23/h2-10,19-21,24,33-35H,11-18H2,1H3,(H2,32,37). The Morgan fingerprint density at radius 1 is 0.930 bits per heavy atom. The molecule has 5 rings (SSSR count). The summed E-state index contributed by atoms with van der Waals surface area (Å²) in [5, 5.41) is 3.95. The first-order chi connectivity index (χ1) is 20.5. The van der Waals surface area contributed by atoms with Crippen LogP contribution in [0.5, 0.6) is 0 Å². The number of primary amides is 1. The molecule has 0 spiro atoms. The fourth-order valence-corrected chi connectivity index (χ4v) is 8.02. The highest BCUT2D eigenvalue weighted by molar-refractivity contribution is 7.89. The Balaban J connectivity index is 1.15. The van der Waals surface area contributed by atoms with Crippen LogP contribution in [0.3, 0.4) is 0 Å². The number of H-pyrrole nitrogens is 1. The summed E-state index contributed by atoms with van der Waals surface area (Å²) in [6.45, 7) is 3.36. The minimum atomic E-state index is -3.61. The van der Waals surface area contributed by atoms with Gasteiger partial charge in [0.05, 0.1) is 21.7 Å². The number of aromatic nitrogens is 1. The van der Waals surface area contributed by atoms with E-state index >= 15 is 0 Å². The minimum absolute atomic E-state index is 0.0716. The van der Waals surface area contributed by atoms with Crippen molar-refractivity contribution < 1.29 is 21.6 Å². The van der Waals surface area contributed by atoms with E-state index in [4.69, 9.17) is 5.73 Å². The minimum Gasteiger partial charge on any atom is -0.366 e. The Morgan fingerprint density at radius 2 is 1.63 bits per heavy atom. The van der Waals surface area contributed by atoms with E-state index in [-0.39, 0.29) is 29.7 Å². The Labute approximate surface area is 252 Å². The first kappa shape index (κ1) is 30.9. The van der Waals surface area contributed by atoms with Crippen LogP contribution in [0.25, 0.3) is 22.0 Å². The Hall–Kier alpha value is -3.55. The molecule has 12 heteroatoms. The molecular weight excluding hydrogens is 587 g/mol. The molecule has 3 aromatic carbocycles. The number of hydrogen-bond acceptors (Lipinski definition) is 6. The van der Waals surface area contributed by atoms with Crippen molar-refractivity contribution in [2.75, 3.05) is 38.5 Å². The third-order valence-corrected chi connectivity index (χ3v) is 11.3. The highest BCUT2D eigenvalue weighted by atomic mass is 32.2. The lowest BCUT2D eigenvalue weighted by molar-refractivity contribution is 0.100. The number of carbonyl (C=O) groups excluding carboxylic acids is 1. The van der Waals surface area contributed by atoms with E-state index in [1.54, 1.807) is 24.3 Å². The van der Waals surface area contributed by atoms with E-state index in [1.807, 2.05) is 49.5 Å². The number of aromatic amines is 1. The second-order valence-electron chi connectivity index (χ2n) is 10.9. The predicted octanol–water partition coefficient (Wildman–Crippen LogP) is 3.32. The number of fused-ring (bicyclic) bond motifs is 1. The summed E-state index contributed by atoms with van der Waals surface area (Å²) >= 11 is 0. The molecule has 1 aliphatic heterocycles. The van der Waals surface area contributed by atoms with E-state index in [2.05, 4.69) is 21.1 Å². The molecule has 1 aromatic heterocycles. The topological polar surface area (TPSA) is 154 Å². The lowest BCUT2D eigenvalue weighted by Gasteiger charge is -2.31. The van der Waals surface area contributed by atoms with Crippen LogP contribution >= 0.6 is 0 Å². The lowest BCUT2D eigenvalue weighted by atomic mass is 9.88. The number of nitrogens with one attached hydrogen (secondary N) is 3. The molecule has 1 saturated heterocycles. The van der Waals surface area contributed by atoms with Crippen molar-refractivity contribution in [3.63, 3.8) is 0 Å². The molecule has 1 aliphatic rings. The van der Waals surface area contributed by atoms with Crippen molar-refractivity contribution in [2.24, 2.45) is 5.73 Å². The van der Waals surface area contributed by atoms with Crippen molar-refractivity contribution in [3.8, 4) is 11.1 Å². The maximum Gasteiger partial charge on any atom is 0.250 e. The van der Waals surface area contributed by atoms with Crippen LogP contribution in [0, 0.1) is 6.92 Å². The number of sulfonamides is 2. The Bertz CT molecular complexity index is 1800. The van der Waals surface area contributed by atoms with E-state index < -0.39 is 26.0 Å². The zero-order valence-electron chi connectivity index (χ0n) is 24.0. The molecule has 4 aromatic rings. The average Bonchev–Trinajstić information content (AvgIpc) is 3.43. The van der Waals surface area contributed by atoms with Crippen molar-refractivity contribution in [1.82, 2.24) is 19.3 Å². The van der Waals surface area contributed by atoms with Gasteiger partial charge in [-0.1, -0.05) is 48.0 Å². The maximum absolute atomic E-state index is 13.0. The van der Waals surface area contributed by atoms with Gasteiger partial charge in [-0.2, -0.15) is 0 Å². The van der Waals surface area contributed by atoms with Crippen LogP contribution in [0.4, 0.5) is 0 Å². The molecule has 5 N–H and O–H groups in total. The maximum atomic E-state index is 13.0. The molecular formula is C31H37N5O5S2. The molecule has 0 aliphatic carbocycles. The number of piperidine rings is 1. The SMILES string of the molecule is Cc1ccc(S(=O)(=O)NCCNCCS(=O)(=O)N2CCC(c3c[nH]c4c(C(N)=O)cc(-c5ccccc5)cc34)CC2)cc1. The molecule has 0 radical (unpaired) electrons. The number of carbonyl (C=O) groups is 1. The van der Waals surface area contributed by atoms with Gasteiger partial charge in [0.25, 0.3) is 5.91 Å². The van der Waals surface area contributed by atoms with Gasteiger partial charge in [-0.15, -0.1) is 0 Å². The van der Waals surface area contributed by atoms with E-state index in [0.29, 0.717) is 43.6 Å². The van der Waals surface area contributed by atoms with Crippen LogP contribution in [-0.4, -0.2) is 70.5 Å². The molecule has 43 heavy (non-hydrogen) atoms. The smallest absolute Gasteiger partial charge is 0.250 e. The second kappa shape index (κ2) is 13.0. The van der Waals surface area contributed by atoms with Crippen molar-refractivity contribution in [3.05, 3.63) is 89.6 Å². The number of amides is 1. The second-order valence-corrected chi connectivity index (χ2v) is 14.7. The Kier molecular flexibility index (Phi) is 9.33. The monoisotopic (exact) mass is 623 g/mol. The molecule has 2 heterocycles. The molecule has 1 amide bonds. The van der Waals surface area contributed by atoms with Crippen molar-refractivity contribution in [1.29, 1.82) is 0 Å². The first-order valence-corrected chi connectivity index (χ1v) is 17.4. The summed E-state index contributed by atoms with van der Waals surface area (Å²) < 4.78 is 54.9. The van der Waals surface area contributed by atoms with Crippen LogP contribution in [0.2, 0.25) is 0 Å². The first-order valence-electron chi connectivity index (χ1n) is 14.3. The van der Waals surface area contributed by atoms with Gasteiger partial charge in [0, 0.05) is 44.3 Å². The normalized spacial score (nSPS) is 15.2. The van der Waals surface area contributed by atoms with Crippen molar-refractivity contribution >= 4 is 36.9 Å². The molecule has 0 bridgehead atoms. The van der Waals surface area contributed by atoms with Gasteiger partial charge < -0.3 is 16.0 Å². The molecule has 1 fully saturated rings. The van der Waals surface area contributed by atoms with Gasteiger partial charge in [-0.25, -0.2) is 25.9 Å². The molecule has 0 unspecified atom stereocenters. The number of nitrogens with two attached hydrogens (primary N) is 1. The number of nitrogens with zero attached hydrogens (tertiary/aromatic N) is 1. The highest BCUT2D eigenvalue weighted by Crippen LogP contribution is 2.37. The Morgan fingerprint density at radius 3 is 2.30 bits per heavy atom. The van der Waals surface area contributed by atoms with E-state index in [0.717, 1.165) is 27.6 Å². The predicted molar refractivity (Wildman–Crippen MR) is 169 cm³/mol. The number of rotatable bonds is 12. The summed E-state index contributed by atoms with van der Waals surface area (Å²) in [5.41, 5.74) is 10.8. The third kappa shape index (κ3) is 7.16. The summed E-state index contributed by atoms with van der Waals surface area (Å²) in [6.07, 6.45) is 3.22. The van der Waals surface area contributed by atoms with Crippen LogP contribution in [0.15, 0.2) is 77.8 Å². The fourth-order valence-electron chi connectivity index (χ4n) is 5.56. The summed E-state index contributed by atoms with van der Waals surface area (Å²) in [6, 6.07) is 20.3. The average molecular weight is 624 g/mol. The third-order valence-electron chi connectivity index (χ3n) is 7.94. The number of hydrogen-bond donors (Lipinski definition) is 4. The van der Waals surface area contributed by atoms with Gasteiger partial charge in [-0.05, 0) is 66.6 Å². The van der Waals surface area contributed by atoms with Gasteiger partial charge in [0.2, 0.25) is 20.0 Å². The van der Waals surface area contributed by atoms with Gasteiger partial charge in [0.1, 0.15) is 0 Å². The van der Waals surface area contributed by atoms with Gasteiger partial charge >= 0.3 is 0 Å². The number of aryl methyl sites for hydroxylation is 1. The molecule has 0 atom stereocenters. The van der Waals surface area contributed by atoms with Gasteiger partial charge in [0.15, 0.2) is 0 Å². The fraction of sp³-hybridized carbons (Fsp3) is 0.323. The van der Waals surface area contributed by atoms with Crippen LogP contribution in [0.1, 0.15) is 40.2 Å². The molecule has 0 saturated carbocycles. The van der Waals surface area contributed by atoms with Crippen LogP contribution in [-0.2, 0) is 20.0 Å². The summed E-state index contributed by atoms with van der Waals surface area (Å²) in [7, 11) is -7.09. The summed E-state index contributed by atoms with van der Waals surface area (Å²) in [5.74, 6) is -0.446.